The zero-order valence-electron chi connectivity index (χ0n) is 16.8. The van der Waals surface area contributed by atoms with Crippen molar-refractivity contribution < 1.29 is 4.79 Å². The minimum absolute atomic E-state index is 0.0549. The zero-order valence-corrected chi connectivity index (χ0v) is 17.6. The predicted octanol–water partition coefficient (Wildman–Crippen LogP) is 5.40. The molecule has 0 bridgehead atoms. The van der Waals surface area contributed by atoms with E-state index < -0.39 is 0 Å². The number of aryl methyl sites for hydroxylation is 1. The lowest BCUT2D eigenvalue weighted by atomic mass is 10.1. The van der Waals surface area contributed by atoms with Crippen LogP contribution in [0.5, 0.6) is 0 Å². The molecule has 0 unspecified atom stereocenters. The molecule has 0 radical (unpaired) electrons. The highest BCUT2D eigenvalue weighted by atomic mass is 32.2. The first-order chi connectivity index (χ1) is 14.7. The molecule has 1 amide bonds. The lowest BCUT2D eigenvalue weighted by Crippen LogP contribution is -2.23. The van der Waals surface area contributed by atoms with E-state index in [9.17, 15) is 4.79 Å². The molecule has 0 aliphatic carbocycles. The van der Waals surface area contributed by atoms with E-state index in [2.05, 4.69) is 22.4 Å². The van der Waals surface area contributed by atoms with Crippen molar-refractivity contribution in [1.82, 2.24) is 14.9 Å². The number of carbonyl (C=O) groups excluding carboxylic acids is 1. The maximum Gasteiger partial charge on any atom is 0.252 e. The SMILES string of the molecule is Cc1nccn1-c1ccc(CNC(=O)c2ccccc2SCc2ccccc2)cc1. The van der Waals surface area contributed by atoms with E-state index in [1.807, 2.05) is 84.4 Å². The number of carbonyl (C=O) groups is 1. The fourth-order valence-corrected chi connectivity index (χ4v) is 4.22. The van der Waals surface area contributed by atoms with Crippen LogP contribution in [0.15, 0.2) is 96.2 Å². The van der Waals surface area contributed by atoms with Crippen LogP contribution in [0.4, 0.5) is 0 Å². The fourth-order valence-electron chi connectivity index (χ4n) is 3.22. The van der Waals surface area contributed by atoms with E-state index in [1.165, 1.54) is 5.56 Å². The number of benzene rings is 3. The standard InChI is InChI=1S/C25H23N3OS/c1-19-26-15-16-28(19)22-13-11-20(12-14-22)17-27-25(29)23-9-5-6-10-24(23)30-18-21-7-3-2-4-8-21/h2-16H,17-18H2,1H3,(H,27,29). The zero-order chi connectivity index (χ0) is 20.8. The summed E-state index contributed by atoms with van der Waals surface area (Å²) in [6.07, 6.45) is 3.73. The van der Waals surface area contributed by atoms with Gasteiger partial charge in [0, 0.05) is 35.3 Å². The molecule has 0 fully saturated rings. The van der Waals surface area contributed by atoms with Crippen molar-refractivity contribution in [3.8, 4) is 5.69 Å². The van der Waals surface area contributed by atoms with Gasteiger partial charge in [0.05, 0.1) is 5.56 Å². The summed E-state index contributed by atoms with van der Waals surface area (Å²) in [6.45, 7) is 2.46. The third-order valence-electron chi connectivity index (χ3n) is 4.86. The number of nitrogens with one attached hydrogen (secondary N) is 1. The summed E-state index contributed by atoms with van der Waals surface area (Å²) >= 11 is 1.68. The van der Waals surface area contributed by atoms with Crippen molar-refractivity contribution >= 4 is 17.7 Å². The summed E-state index contributed by atoms with van der Waals surface area (Å²) in [6, 6.07) is 26.2. The van der Waals surface area contributed by atoms with Crippen LogP contribution in [-0.2, 0) is 12.3 Å². The van der Waals surface area contributed by atoms with Crippen LogP contribution in [0.25, 0.3) is 5.69 Å². The van der Waals surface area contributed by atoms with Crippen LogP contribution in [0.2, 0.25) is 0 Å². The van der Waals surface area contributed by atoms with Gasteiger partial charge in [0.2, 0.25) is 0 Å². The number of aromatic nitrogens is 2. The molecular weight excluding hydrogens is 390 g/mol. The van der Waals surface area contributed by atoms with Crippen molar-refractivity contribution in [2.45, 2.75) is 24.1 Å². The van der Waals surface area contributed by atoms with E-state index >= 15 is 0 Å². The van der Waals surface area contributed by atoms with Gasteiger partial charge in [-0.05, 0) is 42.3 Å². The quantitative estimate of drug-likeness (QED) is 0.413. The molecule has 150 valence electrons. The lowest BCUT2D eigenvalue weighted by Gasteiger charge is -2.11. The Morgan fingerprint density at radius 1 is 0.933 bits per heavy atom. The van der Waals surface area contributed by atoms with Crippen LogP contribution < -0.4 is 5.32 Å². The molecule has 1 heterocycles. The normalized spacial score (nSPS) is 10.7. The van der Waals surface area contributed by atoms with Gasteiger partial charge in [0.25, 0.3) is 5.91 Å². The highest BCUT2D eigenvalue weighted by Gasteiger charge is 2.11. The lowest BCUT2D eigenvalue weighted by molar-refractivity contribution is 0.0948. The first-order valence-electron chi connectivity index (χ1n) is 9.84. The van der Waals surface area contributed by atoms with Gasteiger partial charge in [0.15, 0.2) is 0 Å². The first kappa shape index (κ1) is 20.0. The second kappa shape index (κ2) is 9.46. The number of nitrogens with zero attached hydrogens (tertiary/aromatic N) is 2. The minimum atomic E-state index is -0.0549. The van der Waals surface area contributed by atoms with Gasteiger partial charge in [0.1, 0.15) is 5.82 Å². The molecule has 3 aromatic carbocycles. The molecule has 1 aromatic heterocycles. The Morgan fingerprint density at radius 3 is 2.40 bits per heavy atom. The molecule has 0 spiro atoms. The second-order valence-electron chi connectivity index (χ2n) is 6.96. The topological polar surface area (TPSA) is 46.9 Å². The molecule has 30 heavy (non-hydrogen) atoms. The Bertz CT molecular complexity index is 1120. The Hall–Kier alpha value is -3.31. The van der Waals surface area contributed by atoms with Gasteiger partial charge < -0.3 is 9.88 Å². The Kier molecular flexibility index (Phi) is 6.30. The van der Waals surface area contributed by atoms with Crippen LogP contribution in [0, 0.1) is 6.92 Å². The number of thioether (sulfide) groups is 1. The van der Waals surface area contributed by atoms with Gasteiger partial charge >= 0.3 is 0 Å². The highest BCUT2D eigenvalue weighted by Crippen LogP contribution is 2.26. The number of hydrogen-bond donors (Lipinski definition) is 1. The van der Waals surface area contributed by atoms with E-state index in [4.69, 9.17) is 0 Å². The van der Waals surface area contributed by atoms with E-state index in [0.717, 1.165) is 27.7 Å². The summed E-state index contributed by atoms with van der Waals surface area (Å²) in [5.41, 5.74) is 4.07. The van der Waals surface area contributed by atoms with Gasteiger partial charge in [-0.25, -0.2) is 4.98 Å². The van der Waals surface area contributed by atoms with Crippen LogP contribution in [0.3, 0.4) is 0 Å². The fraction of sp³-hybridized carbons (Fsp3) is 0.120. The molecule has 4 rings (SSSR count). The molecule has 1 N–H and O–H groups in total. The Balaban J connectivity index is 1.39. The van der Waals surface area contributed by atoms with Crippen molar-refractivity contribution in [1.29, 1.82) is 0 Å². The Labute approximate surface area is 181 Å². The second-order valence-corrected chi connectivity index (χ2v) is 7.98. The van der Waals surface area contributed by atoms with Gasteiger partial charge in [-0.1, -0.05) is 54.6 Å². The summed E-state index contributed by atoms with van der Waals surface area (Å²) in [7, 11) is 0. The molecule has 0 saturated heterocycles. The third kappa shape index (κ3) is 4.81. The summed E-state index contributed by atoms with van der Waals surface area (Å²) in [5, 5.41) is 3.05. The van der Waals surface area contributed by atoms with E-state index in [0.29, 0.717) is 12.1 Å². The van der Waals surface area contributed by atoms with E-state index in [1.54, 1.807) is 18.0 Å². The maximum absolute atomic E-state index is 12.8. The average molecular weight is 414 g/mol. The molecule has 4 aromatic rings. The van der Waals surface area contributed by atoms with Crippen molar-refractivity contribution in [2.24, 2.45) is 0 Å². The summed E-state index contributed by atoms with van der Waals surface area (Å²) < 4.78 is 2.03. The molecular formula is C25H23N3OS. The summed E-state index contributed by atoms with van der Waals surface area (Å²) in [4.78, 5) is 18.1. The number of imidazole rings is 1. The van der Waals surface area contributed by atoms with E-state index in [-0.39, 0.29) is 5.91 Å². The van der Waals surface area contributed by atoms with Crippen LogP contribution in [0.1, 0.15) is 27.3 Å². The van der Waals surface area contributed by atoms with Crippen LogP contribution in [-0.4, -0.2) is 15.5 Å². The van der Waals surface area contributed by atoms with Gasteiger partial charge in [-0.2, -0.15) is 0 Å². The molecule has 5 heteroatoms. The van der Waals surface area contributed by atoms with Crippen molar-refractivity contribution in [3.63, 3.8) is 0 Å². The largest absolute Gasteiger partial charge is 0.348 e. The number of hydrogen-bond acceptors (Lipinski definition) is 3. The third-order valence-corrected chi connectivity index (χ3v) is 6.01. The number of amides is 1. The first-order valence-corrected chi connectivity index (χ1v) is 10.8. The predicted molar refractivity (Wildman–Crippen MR) is 122 cm³/mol. The maximum atomic E-state index is 12.8. The highest BCUT2D eigenvalue weighted by molar-refractivity contribution is 7.98. The smallest absolute Gasteiger partial charge is 0.252 e. The number of rotatable bonds is 7. The Morgan fingerprint density at radius 2 is 1.67 bits per heavy atom. The van der Waals surface area contributed by atoms with Gasteiger partial charge in [-0.3, -0.25) is 4.79 Å². The molecule has 0 aliphatic rings. The molecule has 0 saturated carbocycles. The van der Waals surface area contributed by atoms with Crippen molar-refractivity contribution in [3.05, 3.63) is 114 Å². The monoisotopic (exact) mass is 413 g/mol. The van der Waals surface area contributed by atoms with Crippen LogP contribution >= 0.6 is 11.8 Å². The molecule has 0 atom stereocenters. The summed E-state index contributed by atoms with van der Waals surface area (Å²) in [5.74, 6) is 1.72. The average Bonchev–Trinajstić information content (AvgIpc) is 3.23. The molecule has 4 nitrogen and oxygen atoms in total. The molecule has 0 aliphatic heterocycles. The van der Waals surface area contributed by atoms with Crippen molar-refractivity contribution in [2.75, 3.05) is 0 Å². The van der Waals surface area contributed by atoms with Gasteiger partial charge in [-0.15, -0.1) is 11.8 Å². The minimum Gasteiger partial charge on any atom is -0.348 e.